The summed E-state index contributed by atoms with van der Waals surface area (Å²) in [6, 6.07) is 4.94. The summed E-state index contributed by atoms with van der Waals surface area (Å²) in [6.07, 6.45) is -0.983. The van der Waals surface area contributed by atoms with Crippen molar-refractivity contribution < 1.29 is 29.6 Å². The standard InChI is InChI=1S/C11H12O6/c12-5-9(6-13)17-11(16)8-3-1-7(2-4-8)10(14)15/h1-4,9,12-13H,5-6H2,(H,14,15)/p-1. The fourth-order valence-corrected chi connectivity index (χ4v) is 1.09. The molecular formula is C11H11O6-. The molecule has 1 aromatic carbocycles. The smallest absolute Gasteiger partial charge is 0.338 e. The minimum Gasteiger partial charge on any atom is -0.545 e. The Morgan fingerprint density at radius 1 is 1.12 bits per heavy atom. The van der Waals surface area contributed by atoms with Crippen LogP contribution in [0.25, 0.3) is 0 Å². The van der Waals surface area contributed by atoms with Gasteiger partial charge in [-0.3, -0.25) is 0 Å². The van der Waals surface area contributed by atoms with Crippen LogP contribution < -0.4 is 5.11 Å². The number of hydrogen-bond acceptors (Lipinski definition) is 6. The molecule has 1 aromatic rings. The molecule has 17 heavy (non-hydrogen) atoms. The highest BCUT2D eigenvalue weighted by Crippen LogP contribution is 2.06. The monoisotopic (exact) mass is 239 g/mol. The molecule has 0 heterocycles. The number of carboxylic acid groups (broad SMARTS) is 1. The Hall–Kier alpha value is -1.92. The second-order valence-corrected chi connectivity index (χ2v) is 3.26. The van der Waals surface area contributed by atoms with E-state index >= 15 is 0 Å². The molecule has 0 aromatic heterocycles. The van der Waals surface area contributed by atoms with E-state index in [-0.39, 0.29) is 11.1 Å². The number of carboxylic acids is 1. The average molecular weight is 239 g/mol. The van der Waals surface area contributed by atoms with Gasteiger partial charge in [0.1, 0.15) is 6.10 Å². The second kappa shape index (κ2) is 5.97. The van der Waals surface area contributed by atoms with Gasteiger partial charge in [-0.1, -0.05) is 12.1 Å². The molecule has 0 aliphatic rings. The summed E-state index contributed by atoms with van der Waals surface area (Å²) in [5, 5.41) is 27.9. The summed E-state index contributed by atoms with van der Waals surface area (Å²) in [6.45, 7) is -0.973. The Morgan fingerprint density at radius 3 is 2.00 bits per heavy atom. The third kappa shape index (κ3) is 3.54. The van der Waals surface area contributed by atoms with Crippen molar-refractivity contribution in [2.45, 2.75) is 6.10 Å². The van der Waals surface area contributed by atoms with E-state index in [1.807, 2.05) is 0 Å². The van der Waals surface area contributed by atoms with Crippen LogP contribution in [0.1, 0.15) is 20.7 Å². The topological polar surface area (TPSA) is 107 Å². The number of aliphatic hydroxyl groups excluding tert-OH is 2. The van der Waals surface area contributed by atoms with Crippen molar-refractivity contribution in [2.75, 3.05) is 13.2 Å². The van der Waals surface area contributed by atoms with Gasteiger partial charge in [-0.15, -0.1) is 0 Å². The minimum absolute atomic E-state index is 0.0533. The molecule has 6 heteroatoms. The Balaban J connectivity index is 2.73. The molecule has 0 unspecified atom stereocenters. The summed E-state index contributed by atoms with van der Waals surface area (Å²) >= 11 is 0. The molecule has 1 rings (SSSR count). The highest BCUT2D eigenvalue weighted by Gasteiger charge is 2.14. The predicted molar refractivity (Wildman–Crippen MR) is 54.1 cm³/mol. The lowest BCUT2D eigenvalue weighted by Crippen LogP contribution is -2.26. The van der Waals surface area contributed by atoms with E-state index < -0.39 is 31.3 Å². The highest BCUT2D eigenvalue weighted by atomic mass is 16.6. The van der Waals surface area contributed by atoms with E-state index in [1.54, 1.807) is 0 Å². The lowest BCUT2D eigenvalue weighted by Gasteiger charge is -2.12. The normalized spacial score (nSPS) is 10.3. The number of aliphatic hydroxyl groups is 2. The lowest BCUT2D eigenvalue weighted by atomic mass is 10.1. The first-order valence-electron chi connectivity index (χ1n) is 4.82. The second-order valence-electron chi connectivity index (χ2n) is 3.26. The molecule has 0 aliphatic heterocycles. The maximum Gasteiger partial charge on any atom is 0.338 e. The third-order valence-electron chi connectivity index (χ3n) is 2.04. The van der Waals surface area contributed by atoms with Crippen molar-refractivity contribution in [3.05, 3.63) is 35.4 Å². The summed E-state index contributed by atoms with van der Waals surface area (Å²) in [5.74, 6) is -2.09. The van der Waals surface area contributed by atoms with Gasteiger partial charge in [-0.05, 0) is 17.7 Å². The van der Waals surface area contributed by atoms with Gasteiger partial charge >= 0.3 is 5.97 Å². The number of rotatable bonds is 5. The van der Waals surface area contributed by atoms with Crippen LogP contribution in [0.5, 0.6) is 0 Å². The van der Waals surface area contributed by atoms with Gasteiger partial charge < -0.3 is 24.9 Å². The van der Waals surface area contributed by atoms with E-state index in [0.29, 0.717) is 0 Å². The van der Waals surface area contributed by atoms with Gasteiger partial charge in [0.2, 0.25) is 0 Å². The summed E-state index contributed by atoms with van der Waals surface area (Å²) in [5.41, 5.74) is 0.0734. The molecule has 0 fully saturated rings. The van der Waals surface area contributed by atoms with E-state index in [0.717, 1.165) is 0 Å². The quantitative estimate of drug-likeness (QED) is 0.609. The van der Waals surface area contributed by atoms with Gasteiger partial charge in [-0.25, -0.2) is 4.79 Å². The summed E-state index contributed by atoms with van der Waals surface area (Å²) in [4.78, 5) is 21.9. The van der Waals surface area contributed by atoms with E-state index in [1.165, 1.54) is 24.3 Å². The van der Waals surface area contributed by atoms with Crippen LogP contribution in [-0.2, 0) is 4.74 Å². The molecule has 0 radical (unpaired) electrons. The average Bonchev–Trinajstić information content (AvgIpc) is 2.35. The van der Waals surface area contributed by atoms with E-state index in [9.17, 15) is 14.7 Å². The molecule has 92 valence electrons. The lowest BCUT2D eigenvalue weighted by molar-refractivity contribution is -0.255. The fourth-order valence-electron chi connectivity index (χ4n) is 1.09. The molecule has 0 saturated heterocycles. The fraction of sp³-hybridized carbons (Fsp3) is 0.273. The first-order chi connectivity index (χ1) is 8.08. The van der Waals surface area contributed by atoms with Crippen molar-refractivity contribution >= 4 is 11.9 Å². The number of hydrogen-bond donors (Lipinski definition) is 2. The largest absolute Gasteiger partial charge is 0.545 e. The van der Waals surface area contributed by atoms with Crippen LogP contribution in [0.4, 0.5) is 0 Å². The number of ether oxygens (including phenoxy) is 1. The third-order valence-corrected chi connectivity index (χ3v) is 2.04. The minimum atomic E-state index is -1.34. The van der Waals surface area contributed by atoms with Gasteiger partial charge in [-0.2, -0.15) is 0 Å². The molecule has 0 atom stereocenters. The Labute approximate surface area is 97.1 Å². The maximum absolute atomic E-state index is 11.4. The van der Waals surface area contributed by atoms with E-state index in [4.69, 9.17) is 14.9 Å². The van der Waals surface area contributed by atoms with Gasteiger partial charge in [0, 0.05) is 0 Å². The van der Waals surface area contributed by atoms with Crippen LogP contribution in [-0.4, -0.2) is 41.5 Å². The van der Waals surface area contributed by atoms with Crippen LogP contribution in [0.3, 0.4) is 0 Å². The summed E-state index contributed by atoms with van der Waals surface area (Å²) in [7, 11) is 0. The maximum atomic E-state index is 11.4. The zero-order valence-electron chi connectivity index (χ0n) is 8.83. The molecule has 0 bridgehead atoms. The van der Waals surface area contributed by atoms with Crippen molar-refractivity contribution in [2.24, 2.45) is 0 Å². The van der Waals surface area contributed by atoms with Crippen LogP contribution in [0.15, 0.2) is 24.3 Å². The van der Waals surface area contributed by atoms with Gasteiger partial charge in [0.15, 0.2) is 0 Å². The first kappa shape index (κ1) is 13.1. The van der Waals surface area contributed by atoms with Crippen LogP contribution in [0.2, 0.25) is 0 Å². The van der Waals surface area contributed by atoms with Crippen molar-refractivity contribution in [3.63, 3.8) is 0 Å². The molecule has 6 nitrogen and oxygen atoms in total. The number of carbonyl (C=O) groups is 2. The van der Waals surface area contributed by atoms with Crippen molar-refractivity contribution in [3.8, 4) is 0 Å². The highest BCUT2D eigenvalue weighted by molar-refractivity contribution is 5.92. The Bertz CT molecular complexity index is 393. The predicted octanol–water partition coefficient (Wildman–Crippen LogP) is -1.44. The zero-order chi connectivity index (χ0) is 12.8. The number of benzene rings is 1. The van der Waals surface area contributed by atoms with Crippen LogP contribution in [0, 0.1) is 0 Å². The zero-order valence-corrected chi connectivity index (χ0v) is 8.83. The van der Waals surface area contributed by atoms with Crippen molar-refractivity contribution in [1.82, 2.24) is 0 Å². The SMILES string of the molecule is O=C([O-])c1ccc(C(=O)OC(CO)CO)cc1. The molecule has 0 saturated carbocycles. The molecule has 0 aliphatic carbocycles. The Morgan fingerprint density at radius 2 is 1.59 bits per heavy atom. The van der Waals surface area contributed by atoms with Crippen molar-refractivity contribution in [1.29, 1.82) is 0 Å². The molecule has 0 amide bonds. The van der Waals surface area contributed by atoms with Crippen LogP contribution >= 0.6 is 0 Å². The Kier molecular flexibility index (Phi) is 4.62. The number of aromatic carboxylic acids is 1. The van der Waals surface area contributed by atoms with E-state index in [2.05, 4.69) is 0 Å². The molecular weight excluding hydrogens is 228 g/mol. The molecule has 0 spiro atoms. The summed E-state index contributed by atoms with van der Waals surface area (Å²) < 4.78 is 4.73. The number of carbonyl (C=O) groups excluding carboxylic acids is 2. The first-order valence-corrected chi connectivity index (χ1v) is 4.82. The number of esters is 1. The van der Waals surface area contributed by atoms with Gasteiger partial charge in [0.05, 0.1) is 24.7 Å². The molecule has 2 N–H and O–H groups in total. The van der Waals surface area contributed by atoms with Gasteiger partial charge in [0.25, 0.3) is 0 Å².